The third kappa shape index (κ3) is 10.1. The summed E-state index contributed by atoms with van der Waals surface area (Å²) in [6, 6.07) is 3.96. The average molecular weight is 673 g/mol. The van der Waals surface area contributed by atoms with E-state index in [9.17, 15) is 19.2 Å². The van der Waals surface area contributed by atoms with Gasteiger partial charge in [0.1, 0.15) is 28.4 Å². The molecular weight excluding hydrogens is 626 g/mol. The van der Waals surface area contributed by atoms with E-state index in [0.717, 1.165) is 10.6 Å². The lowest BCUT2D eigenvalue weighted by Gasteiger charge is -2.21. The van der Waals surface area contributed by atoms with Crippen LogP contribution in [0.5, 0.6) is 0 Å². The van der Waals surface area contributed by atoms with Crippen molar-refractivity contribution in [1.82, 2.24) is 24.3 Å². The first-order valence-electron chi connectivity index (χ1n) is 15.8. The average Bonchev–Trinajstić information content (AvgIpc) is 3.38. The Morgan fingerprint density at radius 3 is 2.46 bits per heavy atom. The molecule has 0 saturated heterocycles. The number of benzene rings is 1. The lowest BCUT2D eigenvalue weighted by atomic mass is 10.0. The highest BCUT2D eigenvalue weighted by molar-refractivity contribution is 5.90. The SMILES string of the molecule is COC(=O)NCC(CC/C=C/C(=O)N(C)C)CNc1cccn(Cc2nc3c(CC(C)C)c(F)cc(F)c3n2C(=O)OC(C)(C)C)c1=O. The molecule has 262 valence electrons. The summed E-state index contributed by atoms with van der Waals surface area (Å²) in [4.78, 5) is 56.6. The smallest absolute Gasteiger partial charge is 0.420 e. The quantitative estimate of drug-likeness (QED) is 0.233. The number of halogens is 2. The van der Waals surface area contributed by atoms with E-state index in [2.05, 4.69) is 20.4 Å². The standard InChI is InChI=1S/C34H46F2N6O6/c1-21(2)16-23-24(35)17-25(36)30-29(23)39-27(42(30)33(46)48-34(3,4)5)20-41-15-11-13-26(31(41)44)37-18-22(19-38-32(45)47-8)12-9-10-14-28(43)40(6)7/h10-11,13-15,17,21-22,37H,9,12,16,18-20H2,1-8H3,(H,38,45)/b14-10+. The van der Waals surface area contributed by atoms with Gasteiger partial charge in [0.15, 0.2) is 5.82 Å². The Hall–Kier alpha value is -4.75. The van der Waals surface area contributed by atoms with E-state index in [-0.39, 0.29) is 71.9 Å². The van der Waals surface area contributed by atoms with Gasteiger partial charge >= 0.3 is 12.2 Å². The number of imidazole rings is 1. The van der Waals surface area contributed by atoms with Crippen molar-refractivity contribution in [3.8, 4) is 0 Å². The highest BCUT2D eigenvalue weighted by Crippen LogP contribution is 2.29. The van der Waals surface area contributed by atoms with Crippen LogP contribution in [0.1, 0.15) is 58.8 Å². The van der Waals surface area contributed by atoms with Gasteiger partial charge in [0.2, 0.25) is 5.91 Å². The minimum Gasteiger partial charge on any atom is -0.453 e. The Kier molecular flexibility index (Phi) is 12.9. The molecule has 3 rings (SSSR count). The molecule has 0 bridgehead atoms. The number of carbonyl (C=O) groups excluding carboxylic acids is 3. The number of hydrogen-bond donors (Lipinski definition) is 2. The van der Waals surface area contributed by atoms with E-state index in [1.54, 1.807) is 53.1 Å². The van der Waals surface area contributed by atoms with Gasteiger partial charge < -0.3 is 29.6 Å². The van der Waals surface area contributed by atoms with E-state index in [1.165, 1.54) is 28.8 Å². The van der Waals surface area contributed by atoms with Gasteiger partial charge in [-0.05, 0) is 70.1 Å². The maximum atomic E-state index is 15.4. The van der Waals surface area contributed by atoms with E-state index in [0.29, 0.717) is 12.8 Å². The topological polar surface area (TPSA) is 137 Å². The maximum absolute atomic E-state index is 15.4. The molecule has 1 aromatic carbocycles. The second-order valence-electron chi connectivity index (χ2n) is 13.1. The summed E-state index contributed by atoms with van der Waals surface area (Å²) < 4.78 is 42.9. The number of allylic oxidation sites excluding steroid dienone is 1. The van der Waals surface area contributed by atoms with Gasteiger partial charge in [-0.15, -0.1) is 0 Å². The van der Waals surface area contributed by atoms with Crippen LogP contribution in [0, 0.1) is 23.5 Å². The first-order chi connectivity index (χ1) is 22.5. The number of rotatable bonds is 13. The minimum absolute atomic E-state index is 0.00720. The van der Waals surface area contributed by atoms with Crippen molar-refractivity contribution >= 4 is 34.8 Å². The molecule has 1 unspecified atom stereocenters. The Balaban J connectivity index is 1.95. The number of anilines is 1. The zero-order valence-electron chi connectivity index (χ0n) is 28.9. The van der Waals surface area contributed by atoms with Crippen LogP contribution in [-0.2, 0) is 27.2 Å². The molecule has 0 aliphatic carbocycles. The molecular formula is C34H46F2N6O6. The van der Waals surface area contributed by atoms with Crippen molar-refractivity contribution in [1.29, 1.82) is 0 Å². The molecule has 0 spiro atoms. The maximum Gasteiger partial charge on any atom is 0.420 e. The van der Waals surface area contributed by atoms with Crippen LogP contribution in [-0.4, -0.2) is 77.0 Å². The van der Waals surface area contributed by atoms with Crippen molar-refractivity contribution in [3.05, 3.63) is 69.9 Å². The number of nitrogens with zero attached hydrogens (tertiary/aromatic N) is 4. The molecule has 2 heterocycles. The number of likely N-dealkylation sites (N-methyl/N-ethyl adjacent to an activating group) is 1. The fourth-order valence-corrected chi connectivity index (χ4v) is 4.93. The molecule has 48 heavy (non-hydrogen) atoms. The highest BCUT2D eigenvalue weighted by atomic mass is 19.1. The number of carbonyl (C=O) groups is 3. The van der Waals surface area contributed by atoms with Crippen LogP contribution < -0.4 is 16.2 Å². The number of methoxy groups -OCH3 is 1. The van der Waals surface area contributed by atoms with Gasteiger partial charge in [0.25, 0.3) is 5.56 Å². The number of fused-ring (bicyclic) bond motifs is 1. The van der Waals surface area contributed by atoms with E-state index in [4.69, 9.17) is 4.74 Å². The lowest BCUT2D eigenvalue weighted by Crippen LogP contribution is -2.33. The van der Waals surface area contributed by atoms with Crippen molar-refractivity contribution in [2.45, 2.75) is 66.0 Å². The van der Waals surface area contributed by atoms with Crippen molar-refractivity contribution in [2.75, 3.05) is 39.6 Å². The van der Waals surface area contributed by atoms with Gasteiger partial charge in [0, 0.05) is 45.0 Å². The molecule has 2 aromatic heterocycles. The van der Waals surface area contributed by atoms with Crippen LogP contribution >= 0.6 is 0 Å². The van der Waals surface area contributed by atoms with Crippen LogP contribution in [0.3, 0.4) is 0 Å². The molecule has 0 aliphatic rings. The molecule has 0 aliphatic heterocycles. The summed E-state index contributed by atoms with van der Waals surface area (Å²) in [5, 5.41) is 5.81. The normalized spacial score (nSPS) is 12.4. The molecule has 1 atom stereocenters. The van der Waals surface area contributed by atoms with Crippen LogP contribution in [0.4, 0.5) is 24.1 Å². The van der Waals surface area contributed by atoms with Gasteiger partial charge in [-0.1, -0.05) is 19.9 Å². The Labute approximate surface area is 279 Å². The monoisotopic (exact) mass is 672 g/mol. The molecule has 2 amide bonds. The molecule has 0 radical (unpaired) electrons. The van der Waals surface area contributed by atoms with Crippen molar-refractivity contribution < 1.29 is 32.6 Å². The fraction of sp³-hybridized carbons (Fsp3) is 0.500. The number of ether oxygens (including phenoxy) is 2. The summed E-state index contributed by atoms with van der Waals surface area (Å²) in [5.74, 6) is -2.04. The Bertz CT molecular complexity index is 1710. The van der Waals surface area contributed by atoms with Gasteiger partial charge in [-0.2, -0.15) is 0 Å². The summed E-state index contributed by atoms with van der Waals surface area (Å²) in [6.45, 7) is 9.05. The summed E-state index contributed by atoms with van der Waals surface area (Å²) in [5.41, 5.74) is -1.21. The second-order valence-corrected chi connectivity index (χ2v) is 13.1. The fourth-order valence-electron chi connectivity index (χ4n) is 4.93. The largest absolute Gasteiger partial charge is 0.453 e. The molecule has 0 fully saturated rings. The van der Waals surface area contributed by atoms with Crippen LogP contribution in [0.15, 0.2) is 41.3 Å². The third-order valence-electron chi connectivity index (χ3n) is 7.27. The minimum atomic E-state index is -0.977. The number of alkyl carbamates (subject to hydrolysis) is 1. The summed E-state index contributed by atoms with van der Waals surface area (Å²) in [6.07, 6.45) is 4.60. The molecule has 12 nitrogen and oxygen atoms in total. The number of hydrogen-bond acceptors (Lipinski definition) is 8. The predicted octanol–water partition coefficient (Wildman–Crippen LogP) is 5.31. The zero-order valence-corrected chi connectivity index (χ0v) is 28.9. The zero-order chi connectivity index (χ0) is 35.8. The predicted molar refractivity (Wildman–Crippen MR) is 179 cm³/mol. The molecule has 14 heteroatoms. The highest BCUT2D eigenvalue weighted by Gasteiger charge is 2.28. The van der Waals surface area contributed by atoms with E-state index < -0.39 is 35.0 Å². The number of nitrogens with one attached hydrogen (secondary N) is 2. The molecule has 0 saturated carbocycles. The van der Waals surface area contributed by atoms with Gasteiger partial charge in [-0.25, -0.2) is 27.9 Å². The van der Waals surface area contributed by atoms with E-state index in [1.807, 2.05) is 13.8 Å². The summed E-state index contributed by atoms with van der Waals surface area (Å²) >= 11 is 0. The van der Waals surface area contributed by atoms with Crippen molar-refractivity contribution in [2.24, 2.45) is 11.8 Å². The van der Waals surface area contributed by atoms with E-state index >= 15 is 8.78 Å². The van der Waals surface area contributed by atoms with Crippen molar-refractivity contribution in [3.63, 3.8) is 0 Å². The van der Waals surface area contributed by atoms with Crippen LogP contribution in [0.25, 0.3) is 11.0 Å². The number of aromatic nitrogens is 3. The van der Waals surface area contributed by atoms with Gasteiger partial charge in [-0.3, -0.25) is 9.59 Å². The first kappa shape index (κ1) is 37.7. The first-order valence-corrected chi connectivity index (χ1v) is 15.8. The lowest BCUT2D eigenvalue weighted by molar-refractivity contribution is -0.123. The third-order valence-corrected chi connectivity index (χ3v) is 7.27. The van der Waals surface area contributed by atoms with Crippen LogP contribution in [0.2, 0.25) is 0 Å². The Morgan fingerprint density at radius 2 is 1.83 bits per heavy atom. The molecule has 2 N–H and O–H groups in total. The summed E-state index contributed by atoms with van der Waals surface area (Å²) in [7, 11) is 4.57. The Morgan fingerprint density at radius 1 is 1.12 bits per heavy atom. The molecule has 3 aromatic rings. The second kappa shape index (κ2) is 16.4. The number of amides is 2. The number of pyridine rings is 1. The van der Waals surface area contributed by atoms with Gasteiger partial charge in [0.05, 0.1) is 19.2 Å².